The Morgan fingerprint density at radius 3 is 1.78 bits per heavy atom. The molecule has 1 N–H and O–H groups in total. The third-order valence-electron chi connectivity index (χ3n) is 6.56. The van der Waals surface area contributed by atoms with E-state index in [4.69, 9.17) is 0 Å². The number of alkyl halides is 6. The van der Waals surface area contributed by atoms with Gasteiger partial charge >= 0.3 is 12.4 Å². The highest BCUT2D eigenvalue weighted by atomic mass is 19.4. The van der Waals surface area contributed by atoms with E-state index in [0.717, 1.165) is 18.7 Å². The number of rotatable bonds is 7. The summed E-state index contributed by atoms with van der Waals surface area (Å²) in [6.45, 7) is 10.3. The van der Waals surface area contributed by atoms with Crippen LogP contribution in [0, 0.1) is 0 Å². The minimum atomic E-state index is -4.93. The standard InChI is InChI=1S/C27H33F6N3O/c1-18(2)35-10-12-36(13-11-35)23(20-8-6-5-7-9-20)24(37)34-25(3,4)17-19-14-21(26(28,29)30)16-22(15-19)27(31,32)33/h5-9,14-16,18,23H,10-13,17H2,1-4H3,(H,34,37). The van der Waals surface area contributed by atoms with Gasteiger partial charge in [-0.15, -0.1) is 0 Å². The van der Waals surface area contributed by atoms with Gasteiger partial charge in [0, 0.05) is 37.8 Å². The van der Waals surface area contributed by atoms with Crippen molar-refractivity contribution in [3.8, 4) is 0 Å². The molecular formula is C27H33F6N3O. The van der Waals surface area contributed by atoms with Crippen molar-refractivity contribution in [1.29, 1.82) is 0 Å². The zero-order chi connectivity index (χ0) is 27.6. The second kappa shape index (κ2) is 11.0. The van der Waals surface area contributed by atoms with E-state index in [-0.39, 0.29) is 24.0 Å². The van der Waals surface area contributed by atoms with Crippen molar-refractivity contribution < 1.29 is 31.1 Å². The van der Waals surface area contributed by atoms with Crippen LogP contribution in [0.2, 0.25) is 0 Å². The summed E-state index contributed by atoms with van der Waals surface area (Å²) in [6.07, 6.45) is -10.1. The lowest BCUT2D eigenvalue weighted by molar-refractivity contribution is -0.143. The van der Waals surface area contributed by atoms with Crippen molar-refractivity contribution in [2.24, 2.45) is 0 Å². The highest BCUT2D eigenvalue weighted by Crippen LogP contribution is 2.37. The molecule has 1 aliphatic rings. The molecule has 10 heteroatoms. The first-order chi connectivity index (χ1) is 17.1. The molecular weight excluding hydrogens is 496 g/mol. The van der Waals surface area contributed by atoms with E-state index in [1.165, 1.54) is 0 Å². The highest BCUT2D eigenvalue weighted by Gasteiger charge is 2.38. The molecule has 1 saturated heterocycles. The van der Waals surface area contributed by atoms with E-state index in [1.807, 2.05) is 30.3 Å². The van der Waals surface area contributed by atoms with Crippen molar-refractivity contribution in [2.45, 2.75) is 64.1 Å². The summed E-state index contributed by atoms with van der Waals surface area (Å²) in [5.74, 6) is -0.350. The molecule has 4 nitrogen and oxygen atoms in total. The second-order valence-corrected chi connectivity index (χ2v) is 10.4. The Morgan fingerprint density at radius 2 is 1.32 bits per heavy atom. The topological polar surface area (TPSA) is 35.6 Å². The summed E-state index contributed by atoms with van der Waals surface area (Å²) in [5.41, 5.74) is -3.24. The van der Waals surface area contributed by atoms with Gasteiger partial charge in [-0.05, 0) is 63.4 Å². The molecule has 0 aromatic heterocycles. The summed E-state index contributed by atoms with van der Waals surface area (Å²) in [7, 11) is 0. The monoisotopic (exact) mass is 529 g/mol. The van der Waals surface area contributed by atoms with E-state index in [1.54, 1.807) is 13.8 Å². The van der Waals surface area contributed by atoms with Crippen LogP contribution in [0.5, 0.6) is 0 Å². The molecule has 1 atom stereocenters. The van der Waals surface area contributed by atoms with E-state index in [9.17, 15) is 31.1 Å². The van der Waals surface area contributed by atoms with Gasteiger partial charge in [-0.2, -0.15) is 26.3 Å². The van der Waals surface area contributed by atoms with Gasteiger partial charge in [0.2, 0.25) is 5.91 Å². The van der Waals surface area contributed by atoms with Crippen LogP contribution in [0.4, 0.5) is 26.3 Å². The van der Waals surface area contributed by atoms with Crippen LogP contribution in [-0.2, 0) is 23.6 Å². The Hall–Kier alpha value is -2.59. The number of piperazine rings is 1. The number of hydrogen-bond acceptors (Lipinski definition) is 3. The molecule has 2 aromatic carbocycles. The first-order valence-corrected chi connectivity index (χ1v) is 12.2. The first-order valence-electron chi connectivity index (χ1n) is 12.2. The lowest BCUT2D eigenvalue weighted by Gasteiger charge is -2.41. The van der Waals surface area contributed by atoms with Crippen LogP contribution in [0.15, 0.2) is 48.5 Å². The van der Waals surface area contributed by atoms with E-state index in [2.05, 4.69) is 29.0 Å². The van der Waals surface area contributed by atoms with Gasteiger partial charge in [-0.1, -0.05) is 30.3 Å². The third-order valence-corrected chi connectivity index (χ3v) is 6.56. The summed E-state index contributed by atoms with van der Waals surface area (Å²) in [5, 5.41) is 2.89. The van der Waals surface area contributed by atoms with Crippen molar-refractivity contribution >= 4 is 5.91 Å². The maximum Gasteiger partial charge on any atom is 0.416 e. The first kappa shape index (κ1) is 29.0. The van der Waals surface area contributed by atoms with Gasteiger partial charge in [0.15, 0.2) is 0 Å². The van der Waals surface area contributed by atoms with Crippen LogP contribution in [0.3, 0.4) is 0 Å². The Kier molecular flexibility index (Phi) is 8.64. The minimum absolute atomic E-state index is 0.108. The average molecular weight is 530 g/mol. The van der Waals surface area contributed by atoms with Crippen LogP contribution in [-0.4, -0.2) is 53.5 Å². The Balaban J connectivity index is 1.84. The second-order valence-electron chi connectivity index (χ2n) is 10.4. The van der Waals surface area contributed by atoms with Gasteiger partial charge < -0.3 is 5.32 Å². The minimum Gasteiger partial charge on any atom is -0.349 e. The Morgan fingerprint density at radius 1 is 0.838 bits per heavy atom. The number of halogens is 6. The maximum absolute atomic E-state index is 13.6. The molecule has 1 aliphatic heterocycles. The van der Waals surface area contributed by atoms with Crippen LogP contribution < -0.4 is 5.32 Å². The predicted octanol–water partition coefficient (Wildman–Crippen LogP) is 5.93. The fraction of sp³-hybridized carbons (Fsp3) is 0.519. The lowest BCUT2D eigenvalue weighted by Crippen LogP contribution is -2.55. The van der Waals surface area contributed by atoms with E-state index >= 15 is 0 Å². The van der Waals surface area contributed by atoms with E-state index < -0.39 is 35.1 Å². The Labute approximate surface area is 213 Å². The quantitative estimate of drug-likeness (QED) is 0.452. The van der Waals surface area contributed by atoms with Crippen molar-refractivity contribution in [2.75, 3.05) is 26.2 Å². The molecule has 1 amide bonds. The number of benzene rings is 2. The number of carbonyl (C=O) groups is 1. The summed E-state index contributed by atoms with van der Waals surface area (Å²) >= 11 is 0. The molecule has 1 fully saturated rings. The molecule has 1 heterocycles. The molecule has 204 valence electrons. The zero-order valence-corrected chi connectivity index (χ0v) is 21.4. The molecule has 3 rings (SSSR count). The molecule has 37 heavy (non-hydrogen) atoms. The average Bonchev–Trinajstić information content (AvgIpc) is 2.78. The maximum atomic E-state index is 13.6. The largest absolute Gasteiger partial charge is 0.416 e. The number of hydrogen-bond donors (Lipinski definition) is 1. The molecule has 2 aromatic rings. The van der Waals surface area contributed by atoms with Crippen LogP contribution in [0.25, 0.3) is 0 Å². The van der Waals surface area contributed by atoms with Gasteiger partial charge in [-0.3, -0.25) is 14.6 Å². The van der Waals surface area contributed by atoms with Crippen molar-refractivity contribution in [3.05, 3.63) is 70.8 Å². The summed E-state index contributed by atoms with van der Waals surface area (Å²) < 4.78 is 79.9. The van der Waals surface area contributed by atoms with Crippen molar-refractivity contribution in [3.63, 3.8) is 0 Å². The van der Waals surface area contributed by atoms with Crippen molar-refractivity contribution in [1.82, 2.24) is 15.1 Å². The number of nitrogens with one attached hydrogen (secondary N) is 1. The highest BCUT2D eigenvalue weighted by molar-refractivity contribution is 5.84. The van der Waals surface area contributed by atoms with E-state index in [0.29, 0.717) is 31.3 Å². The molecule has 0 aliphatic carbocycles. The van der Waals surface area contributed by atoms with Crippen LogP contribution >= 0.6 is 0 Å². The van der Waals surface area contributed by atoms with Gasteiger partial charge in [0.05, 0.1) is 11.1 Å². The fourth-order valence-electron chi connectivity index (χ4n) is 4.75. The summed E-state index contributed by atoms with van der Waals surface area (Å²) in [6, 6.07) is 10.4. The molecule has 0 radical (unpaired) electrons. The number of carbonyl (C=O) groups excluding carboxylic acids is 1. The SMILES string of the molecule is CC(C)N1CCN(C(C(=O)NC(C)(C)Cc2cc(C(F)(F)F)cc(C(F)(F)F)c2)c2ccccc2)CC1. The lowest BCUT2D eigenvalue weighted by atomic mass is 9.91. The predicted molar refractivity (Wildman–Crippen MR) is 130 cm³/mol. The van der Waals surface area contributed by atoms with Gasteiger partial charge in [0.25, 0.3) is 0 Å². The fourth-order valence-corrected chi connectivity index (χ4v) is 4.75. The summed E-state index contributed by atoms with van der Waals surface area (Å²) in [4.78, 5) is 18.0. The molecule has 0 spiro atoms. The normalized spacial score (nSPS) is 17.2. The number of nitrogens with zero attached hydrogens (tertiary/aromatic N) is 2. The Bertz CT molecular complexity index is 1030. The zero-order valence-electron chi connectivity index (χ0n) is 21.4. The molecule has 0 bridgehead atoms. The van der Waals surface area contributed by atoms with Crippen LogP contribution in [0.1, 0.15) is 56.0 Å². The van der Waals surface area contributed by atoms with Gasteiger partial charge in [-0.25, -0.2) is 0 Å². The molecule has 1 unspecified atom stereocenters. The third kappa shape index (κ3) is 7.70. The smallest absolute Gasteiger partial charge is 0.349 e. The van der Waals surface area contributed by atoms with Gasteiger partial charge in [0.1, 0.15) is 6.04 Å². The molecule has 0 saturated carbocycles. The number of amides is 1.